The fourth-order valence-corrected chi connectivity index (χ4v) is 3.33. The van der Waals surface area contributed by atoms with Crippen molar-refractivity contribution in [3.05, 3.63) is 72.7 Å². The fraction of sp³-hybridized carbons (Fsp3) is 0.227. The van der Waals surface area contributed by atoms with Gasteiger partial charge in [-0.05, 0) is 48.5 Å². The van der Waals surface area contributed by atoms with Gasteiger partial charge >= 0.3 is 0 Å². The van der Waals surface area contributed by atoms with Gasteiger partial charge in [-0.1, -0.05) is 0 Å². The van der Waals surface area contributed by atoms with Crippen molar-refractivity contribution in [2.24, 2.45) is 0 Å². The molecular formula is C22H23N5O2. The van der Waals surface area contributed by atoms with E-state index in [4.69, 9.17) is 4.74 Å². The Morgan fingerprint density at radius 2 is 1.72 bits per heavy atom. The molecule has 148 valence electrons. The average molecular weight is 389 g/mol. The van der Waals surface area contributed by atoms with Gasteiger partial charge in [-0.3, -0.25) is 9.78 Å². The van der Waals surface area contributed by atoms with Crippen LogP contribution in [-0.2, 0) is 0 Å². The number of hydrogen-bond acceptors (Lipinski definition) is 6. The Bertz CT molecular complexity index is 937. The van der Waals surface area contributed by atoms with Gasteiger partial charge in [0.2, 0.25) is 0 Å². The molecular weight excluding hydrogens is 366 g/mol. The van der Waals surface area contributed by atoms with Crippen molar-refractivity contribution in [3.63, 3.8) is 0 Å². The maximum absolute atomic E-state index is 12.2. The van der Waals surface area contributed by atoms with Gasteiger partial charge in [-0.2, -0.15) is 0 Å². The summed E-state index contributed by atoms with van der Waals surface area (Å²) < 4.78 is 5.23. The van der Waals surface area contributed by atoms with Crippen LogP contribution in [0.15, 0.2) is 67.1 Å². The van der Waals surface area contributed by atoms with Crippen LogP contribution in [0, 0.1) is 0 Å². The van der Waals surface area contributed by atoms with Crippen molar-refractivity contribution in [3.8, 4) is 5.75 Å². The van der Waals surface area contributed by atoms with Crippen molar-refractivity contribution in [2.45, 2.75) is 0 Å². The van der Waals surface area contributed by atoms with Crippen LogP contribution >= 0.6 is 0 Å². The predicted molar refractivity (Wildman–Crippen MR) is 114 cm³/mol. The summed E-state index contributed by atoms with van der Waals surface area (Å²) in [6.45, 7) is 3.63. The summed E-state index contributed by atoms with van der Waals surface area (Å²) >= 11 is 0. The van der Waals surface area contributed by atoms with Crippen LogP contribution in [0.3, 0.4) is 0 Å². The van der Waals surface area contributed by atoms with Crippen LogP contribution in [0.4, 0.5) is 17.2 Å². The number of nitrogens with one attached hydrogen (secondary N) is 1. The Labute approximate surface area is 170 Å². The number of piperazine rings is 1. The molecule has 0 radical (unpaired) electrons. The lowest BCUT2D eigenvalue weighted by molar-refractivity contribution is 0.102. The quantitative estimate of drug-likeness (QED) is 0.723. The highest BCUT2D eigenvalue weighted by molar-refractivity contribution is 6.03. The van der Waals surface area contributed by atoms with Crippen molar-refractivity contribution in [2.75, 3.05) is 48.4 Å². The maximum atomic E-state index is 12.2. The van der Waals surface area contributed by atoms with Crippen molar-refractivity contribution in [1.82, 2.24) is 9.97 Å². The van der Waals surface area contributed by atoms with Crippen LogP contribution in [0.1, 0.15) is 10.4 Å². The first-order valence-electron chi connectivity index (χ1n) is 9.54. The van der Waals surface area contributed by atoms with Crippen molar-refractivity contribution >= 4 is 23.1 Å². The third kappa shape index (κ3) is 4.45. The number of carbonyl (C=O) groups excluding carboxylic acids is 1. The summed E-state index contributed by atoms with van der Waals surface area (Å²) in [6.07, 6.45) is 4.88. The molecule has 29 heavy (non-hydrogen) atoms. The number of pyridine rings is 2. The lowest BCUT2D eigenvalue weighted by Crippen LogP contribution is -2.46. The number of aromatic nitrogens is 2. The normalized spacial score (nSPS) is 13.8. The van der Waals surface area contributed by atoms with Gasteiger partial charge in [0, 0.05) is 44.3 Å². The third-order valence-electron chi connectivity index (χ3n) is 4.97. The second kappa shape index (κ2) is 8.60. The average Bonchev–Trinajstić information content (AvgIpc) is 2.80. The predicted octanol–water partition coefficient (Wildman–Crippen LogP) is 3.06. The Morgan fingerprint density at radius 3 is 2.34 bits per heavy atom. The molecule has 0 spiro atoms. The van der Waals surface area contributed by atoms with E-state index in [0.717, 1.165) is 37.7 Å². The molecule has 1 N–H and O–H groups in total. The molecule has 7 heteroatoms. The fourth-order valence-electron chi connectivity index (χ4n) is 3.33. The van der Waals surface area contributed by atoms with Crippen molar-refractivity contribution < 1.29 is 9.53 Å². The second-order valence-corrected chi connectivity index (χ2v) is 6.77. The molecule has 1 fully saturated rings. The Kier molecular flexibility index (Phi) is 5.56. The van der Waals surface area contributed by atoms with E-state index in [1.165, 1.54) is 5.69 Å². The van der Waals surface area contributed by atoms with Gasteiger partial charge in [0.1, 0.15) is 11.6 Å². The molecule has 7 nitrogen and oxygen atoms in total. The second-order valence-electron chi connectivity index (χ2n) is 6.77. The van der Waals surface area contributed by atoms with E-state index in [2.05, 4.69) is 37.2 Å². The first-order valence-corrected chi connectivity index (χ1v) is 9.54. The van der Waals surface area contributed by atoms with Crippen LogP contribution in [-0.4, -0.2) is 49.2 Å². The molecule has 1 aliphatic rings. The number of nitrogens with zero attached hydrogens (tertiary/aromatic N) is 4. The largest absolute Gasteiger partial charge is 0.497 e. The molecule has 4 rings (SSSR count). The van der Waals surface area contributed by atoms with Crippen LogP contribution in [0.5, 0.6) is 5.75 Å². The van der Waals surface area contributed by atoms with Gasteiger partial charge < -0.3 is 19.9 Å². The minimum atomic E-state index is -0.194. The number of amides is 1. The van der Waals surface area contributed by atoms with Gasteiger partial charge in [0.25, 0.3) is 5.91 Å². The summed E-state index contributed by atoms with van der Waals surface area (Å²) in [4.78, 5) is 25.3. The summed E-state index contributed by atoms with van der Waals surface area (Å²) in [6, 6.07) is 15.4. The molecule has 1 aromatic carbocycles. The number of methoxy groups -OCH3 is 1. The zero-order valence-electron chi connectivity index (χ0n) is 16.3. The van der Waals surface area contributed by atoms with E-state index in [1.54, 1.807) is 37.8 Å². The van der Waals surface area contributed by atoms with E-state index < -0.39 is 0 Å². The summed E-state index contributed by atoms with van der Waals surface area (Å²) in [5, 5.41) is 2.85. The SMILES string of the molecule is COc1ccc(N2CCN(c3ccc(NC(=O)c4cccnc4)cn3)CC2)cc1. The molecule has 0 unspecified atom stereocenters. The molecule has 0 bridgehead atoms. The van der Waals surface area contributed by atoms with Gasteiger partial charge in [0.05, 0.1) is 24.6 Å². The van der Waals surface area contributed by atoms with Gasteiger partial charge in [0.15, 0.2) is 0 Å². The third-order valence-corrected chi connectivity index (χ3v) is 4.97. The smallest absolute Gasteiger partial charge is 0.257 e. The van der Waals surface area contributed by atoms with Gasteiger partial charge in [-0.25, -0.2) is 4.98 Å². The zero-order chi connectivity index (χ0) is 20.1. The number of anilines is 3. The summed E-state index contributed by atoms with van der Waals surface area (Å²) in [7, 11) is 1.68. The molecule has 2 aromatic heterocycles. The molecule has 1 aliphatic heterocycles. The van der Waals surface area contributed by atoms with E-state index in [9.17, 15) is 4.79 Å². The van der Waals surface area contributed by atoms with Crippen LogP contribution < -0.4 is 19.9 Å². The zero-order valence-corrected chi connectivity index (χ0v) is 16.3. The van der Waals surface area contributed by atoms with Crippen LogP contribution in [0.2, 0.25) is 0 Å². The first-order chi connectivity index (χ1) is 14.2. The molecule has 3 aromatic rings. The highest BCUT2D eigenvalue weighted by atomic mass is 16.5. The monoisotopic (exact) mass is 389 g/mol. The molecule has 1 amide bonds. The van der Waals surface area contributed by atoms with E-state index in [-0.39, 0.29) is 5.91 Å². The van der Waals surface area contributed by atoms with E-state index in [0.29, 0.717) is 11.3 Å². The summed E-state index contributed by atoms with van der Waals surface area (Å²) in [5.41, 5.74) is 2.39. The number of carbonyl (C=O) groups is 1. The Morgan fingerprint density at radius 1 is 0.966 bits per heavy atom. The standard InChI is InChI=1S/C22H23N5O2/c1-29-20-7-5-19(6-8-20)26-11-13-27(14-12-26)21-9-4-18(16-24-21)25-22(28)17-3-2-10-23-15-17/h2-10,15-16H,11-14H2,1H3,(H,25,28). The molecule has 0 aliphatic carbocycles. The first kappa shape index (κ1) is 18.7. The highest BCUT2D eigenvalue weighted by Crippen LogP contribution is 2.22. The highest BCUT2D eigenvalue weighted by Gasteiger charge is 2.18. The molecule has 0 saturated carbocycles. The van der Waals surface area contributed by atoms with E-state index in [1.807, 2.05) is 24.3 Å². The lowest BCUT2D eigenvalue weighted by atomic mass is 10.2. The topological polar surface area (TPSA) is 70.6 Å². The van der Waals surface area contributed by atoms with Crippen molar-refractivity contribution in [1.29, 1.82) is 0 Å². The minimum Gasteiger partial charge on any atom is -0.497 e. The Balaban J connectivity index is 1.33. The molecule has 0 atom stereocenters. The number of rotatable bonds is 5. The van der Waals surface area contributed by atoms with Crippen LogP contribution in [0.25, 0.3) is 0 Å². The number of benzene rings is 1. The minimum absolute atomic E-state index is 0.194. The Hall–Kier alpha value is -3.61. The number of hydrogen-bond donors (Lipinski definition) is 1. The van der Waals surface area contributed by atoms with E-state index >= 15 is 0 Å². The number of ether oxygens (including phenoxy) is 1. The lowest BCUT2D eigenvalue weighted by Gasteiger charge is -2.36. The maximum Gasteiger partial charge on any atom is 0.257 e. The molecule has 3 heterocycles. The molecule has 1 saturated heterocycles. The van der Waals surface area contributed by atoms with Gasteiger partial charge in [-0.15, -0.1) is 0 Å². The summed E-state index contributed by atoms with van der Waals surface area (Å²) in [5.74, 6) is 1.59.